The van der Waals surface area contributed by atoms with E-state index in [9.17, 15) is 4.79 Å². The third-order valence-electron chi connectivity index (χ3n) is 5.49. The van der Waals surface area contributed by atoms with Crippen LogP contribution >= 0.6 is 22.9 Å². The predicted molar refractivity (Wildman–Crippen MR) is 126 cm³/mol. The summed E-state index contributed by atoms with van der Waals surface area (Å²) in [7, 11) is 0. The van der Waals surface area contributed by atoms with Crippen molar-refractivity contribution in [3.8, 4) is 5.00 Å². The molecule has 8 heteroatoms. The molecule has 31 heavy (non-hydrogen) atoms. The van der Waals surface area contributed by atoms with Crippen LogP contribution in [0.3, 0.4) is 0 Å². The summed E-state index contributed by atoms with van der Waals surface area (Å²) in [5, 5.41) is 13.6. The third kappa shape index (κ3) is 3.92. The van der Waals surface area contributed by atoms with Crippen LogP contribution in [-0.4, -0.2) is 32.9 Å². The zero-order chi connectivity index (χ0) is 22.5. The summed E-state index contributed by atoms with van der Waals surface area (Å²) in [6.45, 7) is 12.2. The van der Waals surface area contributed by atoms with Gasteiger partial charge in [-0.15, -0.1) is 21.5 Å². The number of aliphatic imine (C=N–C) groups is 1. The first-order chi connectivity index (χ1) is 14.6. The fourth-order valence-electron chi connectivity index (χ4n) is 3.59. The number of fused-ring (bicyclic) bond motifs is 3. The number of halogens is 1. The van der Waals surface area contributed by atoms with E-state index < -0.39 is 5.41 Å². The number of amides is 1. The van der Waals surface area contributed by atoms with Gasteiger partial charge in [0, 0.05) is 33.0 Å². The zero-order valence-corrected chi connectivity index (χ0v) is 20.1. The van der Waals surface area contributed by atoms with Crippen molar-refractivity contribution in [3.05, 3.63) is 62.5 Å². The summed E-state index contributed by atoms with van der Waals surface area (Å²) < 4.78 is 2.08. The summed E-state index contributed by atoms with van der Waals surface area (Å²) in [5.41, 5.74) is 3.65. The van der Waals surface area contributed by atoms with E-state index in [1.165, 1.54) is 10.4 Å². The Morgan fingerprint density at radius 2 is 1.84 bits per heavy atom. The maximum atomic E-state index is 12.6. The molecule has 3 heterocycles. The molecule has 6 nitrogen and oxygen atoms in total. The first-order valence-corrected chi connectivity index (χ1v) is 11.4. The van der Waals surface area contributed by atoms with Crippen molar-refractivity contribution in [3.63, 3.8) is 0 Å². The summed E-state index contributed by atoms with van der Waals surface area (Å²) in [6, 6.07) is 7.36. The highest BCUT2D eigenvalue weighted by Gasteiger charge is 2.32. The van der Waals surface area contributed by atoms with E-state index in [1.54, 1.807) is 11.3 Å². The van der Waals surface area contributed by atoms with Gasteiger partial charge in [0.05, 0.1) is 5.71 Å². The average Bonchev–Trinajstić information content (AvgIpc) is 3.17. The Labute approximate surface area is 191 Å². The lowest BCUT2D eigenvalue weighted by atomic mass is 9.95. The van der Waals surface area contributed by atoms with Crippen LogP contribution in [0.1, 0.15) is 60.0 Å². The minimum Gasteiger partial charge on any atom is -0.353 e. The van der Waals surface area contributed by atoms with E-state index in [1.807, 2.05) is 52.0 Å². The van der Waals surface area contributed by atoms with Gasteiger partial charge < -0.3 is 5.32 Å². The highest BCUT2D eigenvalue weighted by Crippen LogP contribution is 2.38. The lowest BCUT2D eigenvalue weighted by Gasteiger charge is -2.20. The van der Waals surface area contributed by atoms with E-state index in [0.29, 0.717) is 11.6 Å². The van der Waals surface area contributed by atoms with Crippen molar-refractivity contribution in [1.29, 1.82) is 0 Å². The van der Waals surface area contributed by atoms with Gasteiger partial charge in [0.2, 0.25) is 5.91 Å². The Morgan fingerprint density at radius 1 is 1.16 bits per heavy atom. The van der Waals surface area contributed by atoms with Gasteiger partial charge in [0.25, 0.3) is 0 Å². The van der Waals surface area contributed by atoms with E-state index in [-0.39, 0.29) is 11.9 Å². The van der Waals surface area contributed by atoms with Gasteiger partial charge in [0.1, 0.15) is 16.9 Å². The van der Waals surface area contributed by atoms with E-state index >= 15 is 0 Å². The van der Waals surface area contributed by atoms with Crippen LogP contribution in [0, 0.1) is 26.2 Å². The van der Waals surface area contributed by atoms with Gasteiger partial charge in [-0.1, -0.05) is 44.5 Å². The number of nitrogens with one attached hydrogen (secondary N) is 1. The molecule has 0 fully saturated rings. The van der Waals surface area contributed by atoms with Gasteiger partial charge in [0.15, 0.2) is 5.82 Å². The molecule has 3 aromatic rings. The van der Waals surface area contributed by atoms with Crippen LogP contribution in [0.25, 0.3) is 5.00 Å². The van der Waals surface area contributed by atoms with Crippen LogP contribution < -0.4 is 5.32 Å². The van der Waals surface area contributed by atoms with Crippen molar-refractivity contribution >= 4 is 34.6 Å². The molecule has 0 saturated heterocycles. The first-order valence-electron chi connectivity index (χ1n) is 10.2. The molecule has 0 saturated carbocycles. The van der Waals surface area contributed by atoms with Crippen LogP contribution in [0.15, 0.2) is 29.3 Å². The molecule has 1 aromatic carbocycles. The van der Waals surface area contributed by atoms with Crippen molar-refractivity contribution in [1.82, 2.24) is 20.1 Å². The fourth-order valence-corrected chi connectivity index (χ4v) is 4.93. The molecule has 162 valence electrons. The van der Waals surface area contributed by atoms with E-state index in [2.05, 4.69) is 33.9 Å². The largest absolute Gasteiger partial charge is 0.353 e. The van der Waals surface area contributed by atoms with Crippen LogP contribution in [-0.2, 0) is 4.79 Å². The van der Waals surface area contributed by atoms with Crippen molar-refractivity contribution < 1.29 is 4.79 Å². The molecular formula is C23H26ClN5OS. The summed E-state index contributed by atoms with van der Waals surface area (Å²) >= 11 is 7.86. The zero-order valence-electron chi connectivity index (χ0n) is 18.6. The molecule has 4 rings (SSSR count). The second-order valence-corrected chi connectivity index (χ2v) is 10.5. The molecule has 0 spiro atoms. The molecule has 1 unspecified atom stereocenters. The van der Waals surface area contributed by atoms with Crippen molar-refractivity contribution in [2.75, 3.05) is 6.54 Å². The normalized spacial score (nSPS) is 15.7. The van der Waals surface area contributed by atoms with Gasteiger partial charge in [-0.2, -0.15) is 0 Å². The molecule has 1 aliphatic rings. The number of carbonyl (C=O) groups is 1. The molecule has 1 aliphatic heterocycles. The Bertz CT molecular complexity index is 1180. The lowest BCUT2D eigenvalue weighted by Crippen LogP contribution is -2.37. The lowest BCUT2D eigenvalue weighted by molar-refractivity contribution is -0.128. The second kappa shape index (κ2) is 7.88. The molecule has 1 N–H and O–H groups in total. The van der Waals surface area contributed by atoms with Gasteiger partial charge >= 0.3 is 0 Å². The van der Waals surface area contributed by atoms with Crippen LogP contribution in [0.2, 0.25) is 5.02 Å². The Morgan fingerprint density at radius 3 is 2.48 bits per heavy atom. The molecule has 0 radical (unpaired) electrons. The molecule has 0 aliphatic carbocycles. The van der Waals surface area contributed by atoms with E-state index in [4.69, 9.17) is 16.6 Å². The quantitative estimate of drug-likeness (QED) is 0.606. The van der Waals surface area contributed by atoms with Gasteiger partial charge in [-0.3, -0.25) is 14.4 Å². The number of nitrogens with zero attached hydrogens (tertiary/aromatic N) is 4. The van der Waals surface area contributed by atoms with Crippen molar-refractivity contribution in [2.24, 2.45) is 10.4 Å². The van der Waals surface area contributed by atoms with Crippen LogP contribution in [0.4, 0.5) is 0 Å². The number of rotatable bonds is 3. The standard InChI is InChI=1S/C23H26ClN5OS/c1-12-13(2)31-21-18(12)19(15-7-9-16(24)10-8-15)26-17(11-25-22(30)23(4,5)6)20-28-27-14(3)29(20)21/h7-10,17H,11H2,1-6H3,(H,25,30). The molecule has 2 aromatic heterocycles. The van der Waals surface area contributed by atoms with E-state index in [0.717, 1.165) is 33.5 Å². The molecule has 0 bridgehead atoms. The smallest absolute Gasteiger partial charge is 0.225 e. The summed E-state index contributed by atoms with van der Waals surface area (Å²) in [4.78, 5) is 18.9. The third-order valence-corrected chi connectivity index (χ3v) is 6.94. The number of hydrogen-bond acceptors (Lipinski definition) is 5. The Hall–Kier alpha value is -2.51. The molecule has 1 atom stereocenters. The number of thiophene rings is 1. The Balaban J connectivity index is 1.89. The average molecular weight is 456 g/mol. The highest BCUT2D eigenvalue weighted by molar-refractivity contribution is 7.15. The summed E-state index contributed by atoms with van der Waals surface area (Å²) in [5.74, 6) is 1.51. The SMILES string of the molecule is Cc1sc2c(c1C)C(c1ccc(Cl)cc1)=NC(CNC(=O)C(C)(C)C)c1nnc(C)n1-2. The number of hydrogen-bond donors (Lipinski definition) is 1. The number of aromatic nitrogens is 3. The highest BCUT2D eigenvalue weighted by atomic mass is 35.5. The number of aryl methyl sites for hydroxylation is 2. The van der Waals surface area contributed by atoms with Crippen LogP contribution in [0.5, 0.6) is 0 Å². The summed E-state index contributed by atoms with van der Waals surface area (Å²) in [6.07, 6.45) is 0. The maximum Gasteiger partial charge on any atom is 0.225 e. The first kappa shape index (κ1) is 21.7. The topological polar surface area (TPSA) is 72.2 Å². The van der Waals surface area contributed by atoms with Crippen molar-refractivity contribution in [2.45, 2.75) is 47.6 Å². The van der Waals surface area contributed by atoms with Gasteiger partial charge in [-0.25, -0.2) is 0 Å². The number of carbonyl (C=O) groups excluding carboxylic acids is 1. The Kier molecular flexibility index (Phi) is 5.52. The minimum atomic E-state index is -0.483. The predicted octanol–water partition coefficient (Wildman–Crippen LogP) is 4.96. The monoisotopic (exact) mass is 455 g/mol. The maximum absolute atomic E-state index is 12.6. The fraction of sp³-hybridized carbons (Fsp3) is 0.391. The number of benzene rings is 1. The van der Waals surface area contributed by atoms with Gasteiger partial charge in [-0.05, 0) is 38.5 Å². The minimum absolute atomic E-state index is 0.0235. The second-order valence-electron chi connectivity index (χ2n) is 8.86. The molecule has 1 amide bonds. The molecular weight excluding hydrogens is 430 g/mol.